The van der Waals surface area contributed by atoms with Crippen molar-refractivity contribution in [1.82, 2.24) is 0 Å². The summed E-state index contributed by atoms with van der Waals surface area (Å²) in [6.07, 6.45) is 0.846. The molecule has 14 heavy (non-hydrogen) atoms. The van der Waals surface area contributed by atoms with Gasteiger partial charge in [0.2, 0.25) is 0 Å². The molecule has 0 atom stereocenters. The molecule has 0 aliphatic heterocycles. The Bertz CT molecular complexity index is 418. The van der Waals surface area contributed by atoms with Crippen molar-refractivity contribution >= 4 is 15.9 Å². The van der Waals surface area contributed by atoms with E-state index in [1.165, 1.54) is 0 Å². The monoisotopic (exact) mass is 247 g/mol. The van der Waals surface area contributed by atoms with Gasteiger partial charge in [0.15, 0.2) is 0 Å². The van der Waals surface area contributed by atoms with E-state index in [1.807, 2.05) is 25.1 Å². The van der Waals surface area contributed by atoms with Gasteiger partial charge in [-0.15, -0.1) is 0 Å². The zero-order valence-electron chi connectivity index (χ0n) is 7.97. The molecule has 0 saturated carbocycles. The standard InChI is InChI=1S/C12H10BrN/c1-10-8-11(4-2-3-7-13)5-6-12(10)9-14/h5-6,8H,3,7H2,1H3. The minimum Gasteiger partial charge on any atom is -0.192 e. The second kappa shape index (κ2) is 5.47. The average Bonchev–Trinajstić information content (AvgIpc) is 2.18. The number of aryl methyl sites for hydroxylation is 1. The zero-order chi connectivity index (χ0) is 10.4. The van der Waals surface area contributed by atoms with Crippen molar-refractivity contribution in [3.05, 3.63) is 34.9 Å². The second-order valence-corrected chi connectivity index (χ2v) is 3.68. The smallest absolute Gasteiger partial charge is 0.0994 e. The SMILES string of the molecule is Cc1cc(C#CCCBr)ccc1C#N. The van der Waals surface area contributed by atoms with Crippen LogP contribution in [0.15, 0.2) is 18.2 Å². The van der Waals surface area contributed by atoms with Crippen LogP contribution in [-0.2, 0) is 0 Å². The van der Waals surface area contributed by atoms with Gasteiger partial charge < -0.3 is 0 Å². The first kappa shape index (κ1) is 10.8. The number of hydrogen-bond acceptors (Lipinski definition) is 1. The van der Waals surface area contributed by atoms with Crippen molar-refractivity contribution in [2.45, 2.75) is 13.3 Å². The van der Waals surface area contributed by atoms with E-state index in [4.69, 9.17) is 5.26 Å². The summed E-state index contributed by atoms with van der Waals surface area (Å²) in [5, 5.41) is 9.63. The fraction of sp³-hybridized carbons (Fsp3) is 0.250. The van der Waals surface area contributed by atoms with Gasteiger partial charge >= 0.3 is 0 Å². The molecule has 0 N–H and O–H groups in total. The average molecular weight is 248 g/mol. The Balaban J connectivity index is 2.89. The highest BCUT2D eigenvalue weighted by atomic mass is 79.9. The number of halogens is 1. The highest BCUT2D eigenvalue weighted by Crippen LogP contribution is 2.08. The Kier molecular flexibility index (Phi) is 4.23. The lowest BCUT2D eigenvalue weighted by Gasteiger charge is -1.96. The molecule has 2 heteroatoms. The van der Waals surface area contributed by atoms with Gasteiger partial charge in [-0.1, -0.05) is 27.8 Å². The van der Waals surface area contributed by atoms with E-state index < -0.39 is 0 Å². The van der Waals surface area contributed by atoms with Crippen molar-refractivity contribution in [2.75, 3.05) is 5.33 Å². The number of hydrogen-bond donors (Lipinski definition) is 0. The van der Waals surface area contributed by atoms with Gasteiger partial charge in [-0.05, 0) is 30.7 Å². The van der Waals surface area contributed by atoms with Gasteiger partial charge in [-0.25, -0.2) is 0 Å². The van der Waals surface area contributed by atoms with E-state index in [0.29, 0.717) is 0 Å². The van der Waals surface area contributed by atoms with Crippen LogP contribution in [0.2, 0.25) is 0 Å². The summed E-state index contributed by atoms with van der Waals surface area (Å²) in [5.41, 5.74) is 2.68. The summed E-state index contributed by atoms with van der Waals surface area (Å²) >= 11 is 3.31. The Morgan fingerprint density at radius 2 is 2.21 bits per heavy atom. The van der Waals surface area contributed by atoms with Crippen LogP contribution < -0.4 is 0 Å². The lowest BCUT2D eigenvalue weighted by Crippen LogP contribution is -1.83. The Hall–Kier alpha value is -1.25. The lowest BCUT2D eigenvalue weighted by molar-refractivity contribution is 1.32. The predicted octanol–water partition coefficient (Wildman–Crippen LogP) is 3.00. The molecule has 0 aliphatic carbocycles. The van der Waals surface area contributed by atoms with E-state index in [1.54, 1.807) is 0 Å². The van der Waals surface area contributed by atoms with Gasteiger partial charge in [-0.2, -0.15) is 5.26 Å². The van der Waals surface area contributed by atoms with Crippen molar-refractivity contribution in [1.29, 1.82) is 5.26 Å². The van der Waals surface area contributed by atoms with Crippen molar-refractivity contribution in [2.24, 2.45) is 0 Å². The van der Waals surface area contributed by atoms with E-state index >= 15 is 0 Å². The highest BCUT2D eigenvalue weighted by molar-refractivity contribution is 9.09. The van der Waals surface area contributed by atoms with Crippen LogP contribution in [-0.4, -0.2) is 5.33 Å². The van der Waals surface area contributed by atoms with Crippen LogP contribution >= 0.6 is 15.9 Å². The molecule has 0 bridgehead atoms. The topological polar surface area (TPSA) is 23.8 Å². The maximum absolute atomic E-state index is 8.73. The van der Waals surface area contributed by atoms with Gasteiger partial charge in [0, 0.05) is 17.3 Å². The van der Waals surface area contributed by atoms with Crippen LogP contribution in [0.3, 0.4) is 0 Å². The summed E-state index contributed by atoms with van der Waals surface area (Å²) in [7, 11) is 0. The quantitative estimate of drug-likeness (QED) is 0.553. The van der Waals surface area contributed by atoms with Gasteiger partial charge in [0.1, 0.15) is 0 Å². The number of benzene rings is 1. The van der Waals surface area contributed by atoms with E-state index in [-0.39, 0.29) is 0 Å². The number of nitrogens with zero attached hydrogens (tertiary/aromatic N) is 1. The largest absolute Gasteiger partial charge is 0.192 e. The lowest BCUT2D eigenvalue weighted by atomic mass is 10.1. The summed E-state index contributed by atoms with van der Waals surface area (Å²) in [6, 6.07) is 7.77. The van der Waals surface area contributed by atoms with Crippen LogP contribution in [0.5, 0.6) is 0 Å². The molecule has 0 radical (unpaired) electrons. The molecule has 0 spiro atoms. The van der Waals surface area contributed by atoms with Crippen molar-refractivity contribution in [3.8, 4) is 17.9 Å². The van der Waals surface area contributed by atoms with Gasteiger partial charge in [0.25, 0.3) is 0 Å². The van der Waals surface area contributed by atoms with E-state index in [0.717, 1.165) is 28.4 Å². The second-order valence-electron chi connectivity index (χ2n) is 2.88. The fourth-order valence-electron chi connectivity index (χ4n) is 1.08. The van der Waals surface area contributed by atoms with Gasteiger partial charge in [-0.3, -0.25) is 0 Å². The maximum atomic E-state index is 8.73. The molecular formula is C12H10BrN. The number of alkyl halides is 1. The molecule has 1 rings (SSSR count). The molecule has 0 aliphatic rings. The summed E-state index contributed by atoms with van der Waals surface area (Å²) in [4.78, 5) is 0. The van der Waals surface area contributed by atoms with Crippen LogP contribution in [0.25, 0.3) is 0 Å². The molecule has 1 aromatic carbocycles. The summed E-state index contributed by atoms with van der Waals surface area (Å²) in [5.74, 6) is 6.08. The Morgan fingerprint density at radius 3 is 2.79 bits per heavy atom. The van der Waals surface area contributed by atoms with Gasteiger partial charge in [0.05, 0.1) is 11.6 Å². The minimum absolute atomic E-state index is 0.719. The first-order chi connectivity index (χ1) is 6.77. The van der Waals surface area contributed by atoms with E-state index in [2.05, 4.69) is 33.8 Å². The Labute approximate surface area is 92.9 Å². The molecule has 0 heterocycles. The molecule has 70 valence electrons. The molecule has 0 fully saturated rings. The number of rotatable bonds is 1. The maximum Gasteiger partial charge on any atom is 0.0994 e. The first-order valence-corrected chi connectivity index (χ1v) is 5.45. The minimum atomic E-state index is 0.719. The molecular weight excluding hydrogens is 238 g/mol. The summed E-state index contributed by atoms with van der Waals surface area (Å²) < 4.78 is 0. The van der Waals surface area contributed by atoms with Crippen LogP contribution in [0.4, 0.5) is 0 Å². The third-order valence-electron chi connectivity index (χ3n) is 1.80. The highest BCUT2D eigenvalue weighted by Gasteiger charge is 1.96. The molecule has 0 saturated heterocycles. The van der Waals surface area contributed by atoms with Crippen LogP contribution in [0, 0.1) is 30.1 Å². The fourth-order valence-corrected chi connectivity index (χ4v) is 1.28. The molecule has 0 unspecified atom stereocenters. The Morgan fingerprint density at radius 1 is 1.43 bits per heavy atom. The molecule has 0 amide bonds. The first-order valence-electron chi connectivity index (χ1n) is 4.33. The molecule has 1 aromatic rings. The third-order valence-corrected chi connectivity index (χ3v) is 2.20. The normalized spacial score (nSPS) is 8.64. The zero-order valence-corrected chi connectivity index (χ0v) is 9.56. The van der Waals surface area contributed by atoms with Crippen LogP contribution in [0.1, 0.15) is 23.1 Å². The predicted molar refractivity (Wildman–Crippen MR) is 61.2 cm³/mol. The summed E-state index contributed by atoms with van der Waals surface area (Å²) in [6.45, 7) is 1.92. The van der Waals surface area contributed by atoms with Crippen molar-refractivity contribution in [3.63, 3.8) is 0 Å². The van der Waals surface area contributed by atoms with Crippen molar-refractivity contribution < 1.29 is 0 Å². The van der Waals surface area contributed by atoms with E-state index in [9.17, 15) is 0 Å². The molecule has 1 nitrogen and oxygen atoms in total. The molecule has 0 aromatic heterocycles. The third kappa shape index (κ3) is 2.91. The number of nitriles is 1.